The number of carbonyl (C=O) groups is 2. The number of carbonyl (C=O) groups excluding carboxylic acids is 2. The van der Waals surface area contributed by atoms with E-state index in [0.717, 1.165) is 5.56 Å². The molecule has 4 N–H and O–H groups in total. The number of fused-ring (bicyclic) bond motifs is 1. The van der Waals surface area contributed by atoms with Crippen molar-refractivity contribution in [3.63, 3.8) is 0 Å². The van der Waals surface area contributed by atoms with Crippen molar-refractivity contribution in [3.8, 4) is 0 Å². The number of sulfonamides is 1. The Labute approximate surface area is 189 Å². The van der Waals surface area contributed by atoms with E-state index in [1.807, 2.05) is 6.92 Å². The minimum absolute atomic E-state index is 0.130. The molecule has 3 aromatic carbocycles. The first-order valence-corrected chi connectivity index (χ1v) is 11.3. The predicted molar refractivity (Wildman–Crippen MR) is 124 cm³/mol. The van der Waals surface area contributed by atoms with Crippen LogP contribution >= 0.6 is 0 Å². The highest BCUT2D eigenvalue weighted by molar-refractivity contribution is 7.89. The number of hydrogen-bond acceptors (Lipinski definition) is 6. The van der Waals surface area contributed by atoms with E-state index in [9.17, 15) is 18.0 Å². The summed E-state index contributed by atoms with van der Waals surface area (Å²) in [5.41, 5.74) is 3.55. The van der Waals surface area contributed by atoms with Crippen LogP contribution in [0.4, 0.5) is 11.4 Å². The molecule has 0 saturated carbocycles. The maximum absolute atomic E-state index is 12.8. The summed E-state index contributed by atoms with van der Waals surface area (Å²) in [7, 11) is -3.93. The van der Waals surface area contributed by atoms with Crippen molar-refractivity contribution in [2.75, 3.05) is 10.6 Å². The predicted octanol–water partition coefficient (Wildman–Crippen LogP) is 3.09. The molecule has 4 aromatic rings. The Morgan fingerprint density at radius 2 is 1.52 bits per heavy atom. The molecular formula is C23H19N5O4S. The van der Waals surface area contributed by atoms with Gasteiger partial charge in [0, 0.05) is 34.9 Å². The highest BCUT2D eigenvalue weighted by Gasteiger charge is 2.14. The molecule has 0 atom stereocenters. The van der Waals surface area contributed by atoms with Crippen molar-refractivity contribution in [3.05, 3.63) is 89.7 Å². The first-order chi connectivity index (χ1) is 15.7. The van der Waals surface area contributed by atoms with Gasteiger partial charge in [0.2, 0.25) is 10.0 Å². The van der Waals surface area contributed by atoms with Gasteiger partial charge in [-0.1, -0.05) is 12.1 Å². The molecule has 4 rings (SSSR count). The number of primary sulfonamides is 1. The molecule has 33 heavy (non-hydrogen) atoms. The van der Waals surface area contributed by atoms with Gasteiger partial charge in [-0.05, 0) is 61.0 Å². The van der Waals surface area contributed by atoms with Gasteiger partial charge in [0.15, 0.2) is 0 Å². The molecule has 0 spiro atoms. The third-order valence-electron chi connectivity index (χ3n) is 4.90. The second-order valence-electron chi connectivity index (χ2n) is 7.27. The zero-order chi connectivity index (χ0) is 23.6. The third-order valence-corrected chi connectivity index (χ3v) is 5.81. The van der Waals surface area contributed by atoms with Crippen molar-refractivity contribution >= 4 is 44.2 Å². The monoisotopic (exact) mass is 461 g/mol. The Kier molecular flexibility index (Phi) is 5.86. The Hall–Kier alpha value is -4.15. The van der Waals surface area contributed by atoms with Crippen LogP contribution in [0.3, 0.4) is 0 Å². The van der Waals surface area contributed by atoms with Crippen molar-refractivity contribution < 1.29 is 18.0 Å². The van der Waals surface area contributed by atoms with E-state index in [4.69, 9.17) is 5.14 Å². The fourth-order valence-corrected chi connectivity index (χ4v) is 3.71. The van der Waals surface area contributed by atoms with E-state index in [1.165, 1.54) is 24.3 Å². The van der Waals surface area contributed by atoms with Gasteiger partial charge in [0.25, 0.3) is 11.8 Å². The number of nitrogens with one attached hydrogen (secondary N) is 2. The molecule has 0 aliphatic rings. The summed E-state index contributed by atoms with van der Waals surface area (Å²) in [5.74, 6) is -0.857. The van der Waals surface area contributed by atoms with Gasteiger partial charge in [0.1, 0.15) is 0 Å². The van der Waals surface area contributed by atoms with Gasteiger partial charge in [-0.25, -0.2) is 13.6 Å². The minimum Gasteiger partial charge on any atom is -0.322 e. The molecule has 0 aliphatic carbocycles. The number of benzene rings is 3. The van der Waals surface area contributed by atoms with Crippen LogP contribution in [-0.4, -0.2) is 30.2 Å². The third kappa shape index (κ3) is 5.03. The molecule has 0 saturated heterocycles. The zero-order valence-corrected chi connectivity index (χ0v) is 18.3. The molecule has 1 heterocycles. The number of hydrogen-bond donors (Lipinski definition) is 3. The van der Waals surface area contributed by atoms with Gasteiger partial charge in [0.05, 0.1) is 15.9 Å². The zero-order valence-electron chi connectivity index (χ0n) is 17.4. The van der Waals surface area contributed by atoms with Crippen LogP contribution in [0.1, 0.15) is 26.3 Å². The molecule has 0 radical (unpaired) electrons. The average molecular weight is 462 g/mol. The lowest BCUT2D eigenvalue weighted by Crippen LogP contribution is -2.16. The molecule has 0 aliphatic heterocycles. The molecular weight excluding hydrogens is 442 g/mol. The summed E-state index contributed by atoms with van der Waals surface area (Å²) in [5, 5.41) is 10.7. The van der Waals surface area contributed by atoms with E-state index < -0.39 is 15.9 Å². The number of aryl methyl sites for hydroxylation is 1. The van der Waals surface area contributed by atoms with Crippen LogP contribution in [0, 0.1) is 6.92 Å². The second-order valence-corrected chi connectivity index (χ2v) is 8.83. The molecule has 2 amide bonds. The first kappa shape index (κ1) is 22.1. The fraction of sp³-hybridized carbons (Fsp3) is 0.0435. The Balaban J connectivity index is 1.54. The first-order valence-electron chi connectivity index (χ1n) is 9.78. The number of rotatable bonds is 5. The Bertz CT molecular complexity index is 1500. The molecule has 0 fully saturated rings. The van der Waals surface area contributed by atoms with Crippen LogP contribution in [-0.2, 0) is 10.0 Å². The van der Waals surface area contributed by atoms with Gasteiger partial charge in [-0.3, -0.25) is 19.6 Å². The summed E-state index contributed by atoms with van der Waals surface area (Å²) in [6.07, 6.45) is 3.13. The number of nitrogens with two attached hydrogens (primary N) is 1. The standard InChI is InChI=1S/C23H19N5O4S/c1-14-5-7-17(27-22(29)15-3-2-4-18(11-15)33(24,31)32)13-20(14)28-23(30)16-6-8-19-21(12-16)26-10-9-25-19/h2-13H,1H3,(H,27,29)(H,28,30)(H2,24,31,32). The van der Waals surface area contributed by atoms with Gasteiger partial charge >= 0.3 is 0 Å². The van der Waals surface area contributed by atoms with Crippen molar-refractivity contribution in [1.82, 2.24) is 9.97 Å². The number of nitrogens with zero attached hydrogens (tertiary/aromatic N) is 2. The van der Waals surface area contributed by atoms with Crippen molar-refractivity contribution in [2.24, 2.45) is 5.14 Å². The topological polar surface area (TPSA) is 144 Å². The summed E-state index contributed by atoms with van der Waals surface area (Å²) >= 11 is 0. The molecule has 10 heteroatoms. The average Bonchev–Trinajstić information content (AvgIpc) is 2.80. The van der Waals surface area contributed by atoms with Crippen molar-refractivity contribution in [2.45, 2.75) is 11.8 Å². The largest absolute Gasteiger partial charge is 0.322 e. The smallest absolute Gasteiger partial charge is 0.255 e. The van der Waals surface area contributed by atoms with Gasteiger partial charge in [-0.2, -0.15) is 0 Å². The van der Waals surface area contributed by atoms with Crippen LogP contribution in [0.5, 0.6) is 0 Å². The Morgan fingerprint density at radius 3 is 2.27 bits per heavy atom. The quantitative estimate of drug-likeness (QED) is 0.417. The lowest BCUT2D eigenvalue weighted by Gasteiger charge is -2.12. The number of amides is 2. The molecule has 9 nitrogen and oxygen atoms in total. The summed E-state index contributed by atoms with van der Waals surface area (Å²) in [4.78, 5) is 33.6. The van der Waals surface area contributed by atoms with Gasteiger partial charge < -0.3 is 10.6 Å². The summed E-state index contributed by atoms with van der Waals surface area (Å²) in [6.45, 7) is 1.82. The molecule has 166 valence electrons. The fourth-order valence-electron chi connectivity index (χ4n) is 3.15. The Morgan fingerprint density at radius 1 is 0.818 bits per heavy atom. The van der Waals surface area contributed by atoms with E-state index in [-0.39, 0.29) is 16.4 Å². The molecule has 1 aromatic heterocycles. The van der Waals surface area contributed by atoms with Crippen LogP contribution in [0.2, 0.25) is 0 Å². The van der Waals surface area contributed by atoms with Gasteiger partial charge in [-0.15, -0.1) is 0 Å². The lowest BCUT2D eigenvalue weighted by atomic mass is 10.1. The van der Waals surface area contributed by atoms with E-state index in [1.54, 1.807) is 48.8 Å². The van der Waals surface area contributed by atoms with Crippen LogP contribution in [0.15, 0.2) is 78.0 Å². The maximum Gasteiger partial charge on any atom is 0.255 e. The summed E-state index contributed by atoms with van der Waals surface area (Å²) in [6, 6.07) is 15.5. The minimum atomic E-state index is -3.93. The van der Waals surface area contributed by atoms with E-state index in [2.05, 4.69) is 20.6 Å². The second kappa shape index (κ2) is 8.77. The highest BCUT2D eigenvalue weighted by Crippen LogP contribution is 2.22. The number of anilines is 2. The highest BCUT2D eigenvalue weighted by atomic mass is 32.2. The van der Waals surface area contributed by atoms with E-state index in [0.29, 0.717) is 28.0 Å². The van der Waals surface area contributed by atoms with Crippen LogP contribution in [0.25, 0.3) is 11.0 Å². The van der Waals surface area contributed by atoms with Crippen LogP contribution < -0.4 is 15.8 Å². The lowest BCUT2D eigenvalue weighted by molar-refractivity contribution is 0.101. The number of aromatic nitrogens is 2. The summed E-state index contributed by atoms with van der Waals surface area (Å²) < 4.78 is 23.1. The SMILES string of the molecule is Cc1ccc(NC(=O)c2cccc(S(N)(=O)=O)c2)cc1NC(=O)c1ccc2nccnc2c1. The molecule has 0 unspecified atom stereocenters. The maximum atomic E-state index is 12.8. The van der Waals surface area contributed by atoms with Crippen molar-refractivity contribution in [1.29, 1.82) is 0 Å². The van der Waals surface area contributed by atoms with E-state index >= 15 is 0 Å². The molecule has 0 bridgehead atoms. The normalized spacial score (nSPS) is 11.2.